The van der Waals surface area contributed by atoms with Crippen LogP contribution in [0.15, 0.2) is 122 Å². The summed E-state index contributed by atoms with van der Waals surface area (Å²) < 4.78 is 7.40. The first-order valence-electron chi connectivity index (χ1n) is 15.8. The van der Waals surface area contributed by atoms with Crippen LogP contribution in [-0.2, 0) is 22.6 Å². The van der Waals surface area contributed by atoms with Crippen LogP contribution in [0, 0.1) is 0 Å². The summed E-state index contributed by atoms with van der Waals surface area (Å²) in [5, 5.41) is 6.24. The lowest BCUT2D eigenvalue weighted by Crippen LogP contribution is -2.36. The number of aromatic nitrogens is 5. The summed E-state index contributed by atoms with van der Waals surface area (Å²) in [5.41, 5.74) is 5.71. The molecule has 1 fully saturated rings. The van der Waals surface area contributed by atoms with Gasteiger partial charge in [-0.3, -0.25) is 9.36 Å². The average Bonchev–Trinajstić information content (AvgIpc) is 3.57. The monoisotopic (exact) mass is 637 g/mol. The maximum Gasteiger partial charge on any atom is 0.247 e. The first kappa shape index (κ1) is 30.6. The van der Waals surface area contributed by atoms with E-state index >= 15 is 0 Å². The molecule has 0 spiro atoms. The Morgan fingerprint density at radius 3 is 2.25 bits per heavy atom. The quantitative estimate of drug-likeness (QED) is 0.162. The summed E-state index contributed by atoms with van der Waals surface area (Å²) in [6.45, 7) is 7.77. The van der Waals surface area contributed by atoms with E-state index in [4.69, 9.17) is 24.7 Å². The number of ether oxygens (including phenoxy) is 1. The van der Waals surface area contributed by atoms with E-state index in [1.54, 1.807) is 12.5 Å². The minimum atomic E-state index is -0.288. The second kappa shape index (κ2) is 14.1. The molecular weight excluding hydrogens is 602 g/mol. The molecule has 0 atom stereocenters. The van der Waals surface area contributed by atoms with Gasteiger partial charge in [-0.25, -0.2) is 9.97 Å². The van der Waals surface area contributed by atoms with Gasteiger partial charge in [0.15, 0.2) is 17.0 Å². The first-order valence-corrected chi connectivity index (χ1v) is 15.8. The number of pyridine rings is 1. The molecular formula is C37H35N9O2. The lowest BCUT2D eigenvalue weighted by molar-refractivity contribution is -0.111. The van der Waals surface area contributed by atoms with Crippen LogP contribution in [0.3, 0.4) is 0 Å². The summed E-state index contributed by atoms with van der Waals surface area (Å²) in [7, 11) is 0. The number of carbonyl (C=O) groups excluding carboxylic acids is 1. The van der Waals surface area contributed by atoms with E-state index in [0.29, 0.717) is 54.9 Å². The van der Waals surface area contributed by atoms with E-state index in [2.05, 4.69) is 51.3 Å². The fourth-order valence-corrected chi connectivity index (χ4v) is 5.66. The second-order valence-electron chi connectivity index (χ2n) is 11.4. The lowest BCUT2D eigenvalue weighted by atomic mass is 10.1. The van der Waals surface area contributed by atoms with Gasteiger partial charge < -0.3 is 25.2 Å². The van der Waals surface area contributed by atoms with Gasteiger partial charge in [-0.05, 0) is 47.5 Å². The Labute approximate surface area is 278 Å². The third-order valence-electron chi connectivity index (χ3n) is 8.03. The predicted molar refractivity (Wildman–Crippen MR) is 189 cm³/mol. The number of amides is 1. The van der Waals surface area contributed by atoms with Crippen LogP contribution < -0.4 is 20.4 Å². The largest absolute Gasteiger partial charge is 0.378 e. The minimum Gasteiger partial charge on any atom is -0.378 e. The highest BCUT2D eigenvalue weighted by atomic mass is 16.5. The molecule has 3 aromatic heterocycles. The number of hydrogen-bond donors (Lipinski definition) is 2. The van der Waals surface area contributed by atoms with Crippen LogP contribution in [0.4, 0.5) is 29.0 Å². The highest BCUT2D eigenvalue weighted by Gasteiger charge is 2.21. The van der Waals surface area contributed by atoms with E-state index in [-0.39, 0.29) is 5.91 Å². The van der Waals surface area contributed by atoms with Crippen LogP contribution >= 0.6 is 0 Å². The van der Waals surface area contributed by atoms with Gasteiger partial charge in [0.2, 0.25) is 11.9 Å². The maximum absolute atomic E-state index is 12.0. The van der Waals surface area contributed by atoms with Crippen molar-refractivity contribution in [2.45, 2.75) is 13.1 Å². The Kier molecular flexibility index (Phi) is 9.01. The molecule has 240 valence electrons. The number of imidazole rings is 1. The van der Waals surface area contributed by atoms with Gasteiger partial charge in [-0.1, -0.05) is 73.3 Å². The fourth-order valence-electron chi connectivity index (χ4n) is 5.66. The van der Waals surface area contributed by atoms with Crippen LogP contribution in [0.2, 0.25) is 0 Å². The number of hydrogen-bond acceptors (Lipinski definition) is 9. The molecule has 2 N–H and O–H groups in total. The molecule has 0 aliphatic carbocycles. The van der Waals surface area contributed by atoms with Crippen molar-refractivity contribution in [2.24, 2.45) is 0 Å². The van der Waals surface area contributed by atoms with E-state index in [1.807, 2.05) is 77.4 Å². The Hall–Kier alpha value is -6.07. The van der Waals surface area contributed by atoms with Crippen LogP contribution in [-0.4, -0.2) is 56.7 Å². The van der Waals surface area contributed by atoms with Crippen molar-refractivity contribution in [3.05, 3.63) is 133 Å². The topological polar surface area (TPSA) is 113 Å². The molecule has 7 rings (SSSR count). The fraction of sp³-hybridized carbons (Fsp3) is 0.162. The Morgan fingerprint density at radius 2 is 1.58 bits per heavy atom. The number of fused-ring (bicyclic) bond motifs is 1. The third kappa shape index (κ3) is 7.01. The molecule has 3 aromatic carbocycles. The van der Waals surface area contributed by atoms with Crippen LogP contribution in [0.5, 0.6) is 0 Å². The summed E-state index contributed by atoms with van der Waals surface area (Å²) in [4.78, 5) is 36.1. The number of nitrogens with zero attached hydrogens (tertiary/aromatic N) is 7. The third-order valence-corrected chi connectivity index (χ3v) is 8.03. The molecule has 11 heteroatoms. The number of anilines is 5. The molecule has 6 aromatic rings. The van der Waals surface area contributed by atoms with Gasteiger partial charge in [0.25, 0.3) is 0 Å². The zero-order valence-corrected chi connectivity index (χ0v) is 26.4. The minimum absolute atomic E-state index is 0.288. The van der Waals surface area contributed by atoms with Gasteiger partial charge in [-0.2, -0.15) is 9.97 Å². The van der Waals surface area contributed by atoms with Gasteiger partial charge in [0.1, 0.15) is 12.1 Å². The molecule has 1 saturated heterocycles. The van der Waals surface area contributed by atoms with Crippen molar-refractivity contribution in [1.29, 1.82) is 0 Å². The Bertz CT molecular complexity index is 1970. The number of morpholine rings is 1. The number of rotatable bonds is 11. The molecule has 48 heavy (non-hydrogen) atoms. The van der Waals surface area contributed by atoms with Gasteiger partial charge in [0.05, 0.1) is 30.8 Å². The second-order valence-corrected chi connectivity index (χ2v) is 11.4. The van der Waals surface area contributed by atoms with Gasteiger partial charge >= 0.3 is 0 Å². The molecule has 0 unspecified atom stereocenters. The van der Waals surface area contributed by atoms with E-state index < -0.39 is 0 Å². The average molecular weight is 638 g/mol. The summed E-state index contributed by atoms with van der Waals surface area (Å²) in [6, 6.07) is 32.1. The molecule has 1 amide bonds. The molecule has 1 aliphatic rings. The maximum atomic E-state index is 12.0. The standard InChI is InChI=1S/C37H35N9O2/c1-2-33(47)40-29-14-9-15-31(22-29)46-26-39-34-35(45(24-27-10-5-3-6-11-27)25-28-12-7-4-8-13-28)42-37(43-36(34)46)41-30-16-17-32(38-23-30)44-18-20-48-21-19-44/h2-17,22-23,26H,1,18-21,24-25H2,(H,40,47)(H,41,42,43). The number of carbonyl (C=O) groups is 1. The SMILES string of the molecule is C=CC(=O)Nc1cccc(-n2cnc3c(N(Cc4ccccc4)Cc4ccccc4)nc(Nc4ccc(N5CCOCC5)nc4)nc32)c1. The Morgan fingerprint density at radius 1 is 0.854 bits per heavy atom. The zero-order valence-electron chi connectivity index (χ0n) is 26.4. The molecule has 11 nitrogen and oxygen atoms in total. The normalized spacial score (nSPS) is 12.9. The van der Waals surface area contributed by atoms with Crippen molar-refractivity contribution in [1.82, 2.24) is 24.5 Å². The van der Waals surface area contributed by atoms with Gasteiger partial charge in [-0.15, -0.1) is 0 Å². The van der Waals surface area contributed by atoms with Crippen molar-refractivity contribution in [3.8, 4) is 5.69 Å². The smallest absolute Gasteiger partial charge is 0.247 e. The summed E-state index contributed by atoms with van der Waals surface area (Å²) in [5.74, 6) is 1.70. The van der Waals surface area contributed by atoms with Crippen LogP contribution in [0.1, 0.15) is 11.1 Å². The molecule has 0 saturated carbocycles. The van der Waals surface area contributed by atoms with Crippen LogP contribution in [0.25, 0.3) is 16.9 Å². The summed E-state index contributed by atoms with van der Waals surface area (Å²) in [6.07, 6.45) is 4.78. The summed E-state index contributed by atoms with van der Waals surface area (Å²) >= 11 is 0. The van der Waals surface area contributed by atoms with E-state index in [9.17, 15) is 4.79 Å². The van der Waals surface area contributed by atoms with E-state index in [0.717, 1.165) is 41.4 Å². The Balaban J connectivity index is 1.31. The van der Waals surface area contributed by atoms with Crippen molar-refractivity contribution < 1.29 is 9.53 Å². The predicted octanol–water partition coefficient (Wildman–Crippen LogP) is 6.12. The number of nitrogens with one attached hydrogen (secondary N) is 2. The zero-order chi connectivity index (χ0) is 32.7. The highest BCUT2D eigenvalue weighted by Crippen LogP contribution is 2.30. The van der Waals surface area contributed by atoms with Crippen molar-refractivity contribution in [2.75, 3.05) is 46.7 Å². The van der Waals surface area contributed by atoms with Crippen molar-refractivity contribution >= 4 is 46.0 Å². The first-order chi connectivity index (χ1) is 23.6. The van der Waals surface area contributed by atoms with Gasteiger partial charge in [0, 0.05) is 31.9 Å². The molecule has 0 bridgehead atoms. The molecule has 1 aliphatic heterocycles. The van der Waals surface area contributed by atoms with E-state index in [1.165, 1.54) is 6.08 Å². The highest BCUT2D eigenvalue weighted by molar-refractivity contribution is 5.99. The lowest BCUT2D eigenvalue weighted by Gasteiger charge is -2.27. The van der Waals surface area contributed by atoms with Crippen molar-refractivity contribution in [3.63, 3.8) is 0 Å². The molecule has 4 heterocycles. The number of benzene rings is 3. The molecule has 0 radical (unpaired) electrons.